The average molecular weight is 305 g/mol. The van der Waals surface area contributed by atoms with Crippen molar-refractivity contribution in [2.45, 2.75) is 13.3 Å². The van der Waals surface area contributed by atoms with E-state index in [2.05, 4.69) is 10.6 Å². The highest BCUT2D eigenvalue weighted by Crippen LogP contribution is 2.23. The number of anilines is 1. The molecule has 0 fully saturated rings. The fraction of sp³-hybridized carbons (Fsp3) is 0.188. The number of nitrogens with one attached hydrogen (secondary N) is 2. The number of aromatic hydroxyl groups is 1. The highest BCUT2D eigenvalue weighted by atomic mass is 35.5. The molecule has 0 aliphatic carbocycles. The number of urea groups is 1. The molecule has 0 bridgehead atoms. The van der Waals surface area contributed by atoms with Gasteiger partial charge in [-0.2, -0.15) is 0 Å². The van der Waals surface area contributed by atoms with Crippen molar-refractivity contribution in [1.82, 2.24) is 5.32 Å². The lowest BCUT2D eigenvalue weighted by Gasteiger charge is -2.09. The lowest BCUT2D eigenvalue weighted by Crippen LogP contribution is -2.30. The summed E-state index contributed by atoms with van der Waals surface area (Å²) in [7, 11) is 0. The first kappa shape index (κ1) is 15.2. The lowest BCUT2D eigenvalue weighted by molar-refractivity contribution is 0.252. The molecule has 21 heavy (non-hydrogen) atoms. The van der Waals surface area contributed by atoms with E-state index in [1.54, 1.807) is 12.1 Å². The van der Waals surface area contributed by atoms with Gasteiger partial charge in [0, 0.05) is 11.6 Å². The van der Waals surface area contributed by atoms with Crippen LogP contribution in [0.1, 0.15) is 11.1 Å². The summed E-state index contributed by atoms with van der Waals surface area (Å²) < 4.78 is 0. The minimum absolute atomic E-state index is 0.0582. The predicted octanol–water partition coefficient (Wildman–Crippen LogP) is 3.72. The van der Waals surface area contributed by atoms with Gasteiger partial charge in [0.05, 0.1) is 5.69 Å². The van der Waals surface area contributed by atoms with Crippen LogP contribution in [0, 0.1) is 6.92 Å². The number of rotatable bonds is 4. The number of phenolic OH excluding ortho intramolecular Hbond substituents is 1. The van der Waals surface area contributed by atoms with E-state index in [0.717, 1.165) is 11.1 Å². The van der Waals surface area contributed by atoms with E-state index in [1.807, 2.05) is 37.3 Å². The predicted molar refractivity (Wildman–Crippen MR) is 85.0 cm³/mol. The van der Waals surface area contributed by atoms with Crippen LogP contribution in [0.4, 0.5) is 10.5 Å². The Bertz CT molecular complexity index is 627. The standard InChI is InChI=1S/C16H17ClN2O2/c1-11-2-7-14(15(20)10-11)19-16(21)18-9-8-12-3-5-13(17)6-4-12/h2-7,10,20H,8-9H2,1H3,(H2,18,19,21). The largest absolute Gasteiger partial charge is 0.506 e. The molecule has 0 heterocycles. The monoisotopic (exact) mass is 304 g/mol. The Hall–Kier alpha value is -2.20. The minimum atomic E-state index is -0.344. The summed E-state index contributed by atoms with van der Waals surface area (Å²) in [4.78, 5) is 11.7. The molecule has 0 aliphatic heterocycles. The van der Waals surface area contributed by atoms with Crippen LogP contribution in [0.25, 0.3) is 0 Å². The van der Waals surface area contributed by atoms with Crippen molar-refractivity contribution in [1.29, 1.82) is 0 Å². The number of hydrogen-bond donors (Lipinski definition) is 3. The first-order chi connectivity index (χ1) is 10.0. The third-order valence-electron chi connectivity index (χ3n) is 3.01. The van der Waals surface area contributed by atoms with Gasteiger partial charge in [-0.3, -0.25) is 0 Å². The quantitative estimate of drug-likeness (QED) is 0.754. The van der Waals surface area contributed by atoms with Crippen LogP contribution in [0.3, 0.4) is 0 Å². The Kier molecular flexibility index (Phi) is 5.06. The number of carbonyl (C=O) groups is 1. The molecule has 0 spiro atoms. The number of amides is 2. The van der Waals surface area contributed by atoms with Crippen molar-refractivity contribution in [2.24, 2.45) is 0 Å². The maximum atomic E-state index is 11.7. The molecule has 4 nitrogen and oxygen atoms in total. The molecule has 0 saturated heterocycles. The number of halogens is 1. The summed E-state index contributed by atoms with van der Waals surface area (Å²) in [5.41, 5.74) is 2.42. The zero-order valence-electron chi connectivity index (χ0n) is 11.7. The van der Waals surface area contributed by atoms with E-state index in [-0.39, 0.29) is 11.8 Å². The Morgan fingerprint density at radius 3 is 2.57 bits per heavy atom. The van der Waals surface area contributed by atoms with Gasteiger partial charge in [0.2, 0.25) is 0 Å². The Balaban J connectivity index is 1.81. The number of hydrogen-bond acceptors (Lipinski definition) is 2. The average Bonchev–Trinajstić information content (AvgIpc) is 2.44. The zero-order valence-corrected chi connectivity index (χ0v) is 12.4. The third kappa shape index (κ3) is 4.68. The molecule has 2 amide bonds. The normalized spacial score (nSPS) is 10.2. The van der Waals surface area contributed by atoms with E-state index >= 15 is 0 Å². The highest BCUT2D eigenvalue weighted by molar-refractivity contribution is 6.30. The van der Waals surface area contributed by atoms with Crippen LogP contribution < -0.4 is 10.6 Å². The van der Waals surface area contributed by atoms with E-state index in [4.69, 9.17) is 11.6 Å². The first-order valence-corrected chi connectivity index (χ1v) is 7.01. The lowest BCUT2D eigenvalue weighted by atomic mass is 10.1. The Labute approximate surface area is 128 Å². The van der Waals surface area contributed by atoms with Crippen LogP contribution in [-0.2, 0) is 6.42 Å². The van der Waals surface area contributed by atoms with Gasteiger partial charge < -0.3 is 15.7 Å². The second-order valence-corrected chi connectivity index (χ2v) is 5.21. The summed E-state index contributed by atoms with van der Waals surface area (Å²) in [6, 6.07) is 12.2. The molecule has 5 heteroatoms. The Morgan fingerprint density at radius 2 is 1.90 bits per heavy atom. The highest BCUT2D eigenvalue weighted by Gasteiger charge is 2.05. The molecule has 2 aromatic rings. The van der Waals surface area contributed by atoms with Crippen LogP contribution in [0.15, 0.2) is 42.5 Å². The summed E-state index contributed by atoms with van der Waals surface area (Å²) in [6.07, 6.45) is 0.713. The number of carbonyl (C=O) groups excluding carboxylic acids is 1. The van der Waals surface area contributed by atoms with Gasteiger partial charge in [-0.15, -0.1) is 0 Å². The maximum Gasteiger partial charge on any atom is 0.319 e. The second-order valence-electron chi connectivity index (χ2n) is 4.78. The van der Waals surface area contributed by atoms with Gasteiger partial charge in [0.1, 0.15) is 5.75 Å². The van der Waals surface area contributed by atoms with Crippen molar-refractivity contribution >= 4 is 23.3 Å². The second kappa shape index (κ2) is 6.99. The molecule has 0 atom stereocenters. The SMILES string of the molecule is Cc1ccc(NC(=O)NCCc2ccc(Cl)cc2)c(O)c1. The van der Waals surface area contributed by atoms with Crippen LogP contribution in [-0.4, -0.2) is 17.7 Å². The van der Waals surface area contributed by atoms with E-state index < -0.39 is 0 Å². The third-order valence-corrected chi connectivity index (χ3v) is 3.27. The smallest absolute Gasteiger partial charge is 0.319 e. The zero-order chi connectivity index (χ0) is 15.2. The summed E-state index contributed by atoms with van der Waals surface area (Å²) in [6.45, 7) is 2.37. The first-order valence-electron chi connectivity index (χ1n) is 6.63. The molecule has 2 rings (SSSR count). The van der Waals surface area contributed by atoms with Crippen LogP contribution in [0.5, 0.6) is 5.75 Å². The number of benzene rings is 2. The minimum Gasteiger partial charge on any atom is -0.506 e. The maximum absolute atomic E-state index is 11.7. The molecular weight excluding hydrogens is 288 g/mol. The van der Waals surface area contributed by atoms with Gasteiger partial charge in [-0.1, -0.05) is 29.8 Å². The molecule has 2 aromatic carbocycles. The summed E-state index contributed by atoms with van der Waals surface area (Å²) in [5, 5.41) is 15.8. The summed E-state index contributed by atoms with van der Waals surface area (Å²) >= 11 is 5.81. The fourth-order valence-electron chi connectivity index (χ4n) is 1.89. The Morgan fingerprint density at radius 1 is 1.19 bits per heavy atom. The molecule has 0 aromatic heterocycles. The molecule has 0 radical (unpaired) electrons. The van der Waals surface area contributed by atoms with Gasteiger partial charge in [0.25, 0.3) is 0 Å². The molecule has 0 unspecified atom stereocenters. The van der Waals surface area contributed by atoms with Crippen molar-refractivity contribution in [3.05, 3.63) is 58.6 Å². The van der Waals surface area contributed by atoms with Gasteiger partial charge in [-0.25, -0.2) is 4.79 Å². The van der Waals surface area contributed by atoms with Crippen molar-refractivity contribution in [3.63, 3.8) is 0 Å². The van der Waals surface area contributed by atoms with Crippen LogP contribution in [0.2, 0.25) is 5.02 Å². The number of phenols is 1. The van der Waals surface area contributed by atoms with E-state index in [9.17, 15) is 9.90 Å². The van der Waals surface area contributed by atoms with Gasteiger partial charge >= 0.3 is 6.03 Å². The molecule has 3 N–H and O–H groups in total. The van der Waals surface area contributed by atoms with Gasteiger partial charge in [-0.05, 0) is 48.7 Å². The van der Waals surface area contributed by atoms with Crippen molar-refractivity contribution in [2.75, 3.05) is 11.9 Å². The molecule has 0 saturated carbocycles. The van der Waals surface area contributed by atoms with Crippen molar-refractivity contribution in [3.8, 4) is 5.75 Å². The topological polar surface area (TPSA) is 61.4 Å². The van der Waals surface area contributed by atoms with E-state index in [0.29, 0.717) is 23.7 Å². The van der Waals surface area contributed by atoms with Gasteiger partial charge in [0.15, 0.2) is 0 Å². The molecule has 110 valence electrons. The molecular formula is C16H17ClN2O2. The van der Waals surface area contributed by atoms with Crippen LogP contribution >= 0.6 is 11.6 Å². The summed E-state index contributed by atoms with van der Waals surface area (Å²) in [5.74, 6) is 0.0582. The number of aryl methyl sites for hydroxylation is 1. The molecule has 0 aliphatic rings. The van der Waals surface area contributed by atoms with Crippen molar-refractivity contribution < 1.29 is 9.90 Å². The van der Waals surface area contributed by atoms with E-state index in [1.165, 1.54) is 0 Å². The fourth-order valence-corrected chi connectivity index (χ4v) is 2.01.